The number of methoxy groups -OCH3 is 1. The van der Waals surface area contributed by atoms with E-state index < -0.39 is 47.4 Å². The van der Waals surface area contributed by atoms with E-state index in [-0.39, 0.29) is 53.3 Å². The van der Waals surface area contributed by atoms with E-state index in [9.17, 15) is 32.6 Å². The Kier molecular flexibility index (Phi) is 8.95. The van der Waals surface area contributed by atoms with Crippen molar-refractivity contribution >= 4 is 5.91 Å². The lowest BCUT2D eigenvalue weighted by Crippen LogP contribution is -2.55. The molecule has 2 aromatic carbocycles. The van der Waals surface area contributed by atoms with Crippen LogP contribution in [-0.2, 0) is 15.9 Å². The van der Waals surface area contributed by atoms with Crippen molar-refractivity contribution in [2.45, 2.75) is 43.3 Å². The lowest BCUT2D eigenvalue weighted by atomic mass is 9.88. The Bertz CT molecular complexity index is 1550. The standard InChI is InChI=1S/C31H33F4N3O7/c1-17(39)12-44-23-9-6-19(10-24(23)42-3)28(40)36-15-30(41,31(33,34)35)25-11-22-27(26(37-25)18-4-7-20(32)8-5-18)45-16-29(22,2)38-21-13-43-14-21/h4-11,17,21,38-39,41H,12-16H2,1-3H3,(H,36,40). The van der Waals surface area contributed by atoms with Crippen LogP contribution in [0.5, 0.6) is 17.2 Å². The van der Waals surface area contributed by atoms with Gasteiger partial charge >= 0.3 is 6.18 Å². The summed E-state index contributed by atoms with van der Waals surface area (Å²) in [6.45, 7) is 2.80. The van der Waals surface area contributed by atoms with E-state index in [0.717, 1.165) is 18.2 Å². The molecular weight excluding hydrogens is 602 g/mol. The minimum Gasteiger partial charge on any atom is -0.493 e. The Hall–Kier alpha value is -3.98. The number of carbonyl (C=O) groups excluding carboxylic acids is 1. The molecule has 0 aliphatic carbocycles. The van der Waals surface area contributed by atoms with E-state index in [0.29, 0.717) is 18.8 Å². The molecule has 2 aliphatic rings. The average Bonchev–Trinajstić information content (AvgIpc) is 3.32. The molecule has 5 rings (SSSR count). The van der Waals surface area contributed by atoms with E-state index in [1.807, 2.05) is 0 Å². The van der Waals surface area contributed by atoms with Crippen molar-refractivity contribution in [2.24, 2.45) is 0 Å². The number of amides is 1. The van der Waals surface area contributed by atoms with Gasteiger partial charge in [0.15, 0.2) is 17.2 Å². The molecule has 2 aliphatic heterocycles. The van der Waals surface area contributed by atoms with Crippen LogP contribution in [-0.4, -0.2) is 79.5 Å². The number of pyridine rings is 1. The summed E-state index contributed by atoms with van der Waals surface area (Å²) >= 11 is 0. The Morgan fingerprint density at radius 3 is 2.47 bits per heavy atom. The summed E-state index contributed by atoms with van der Waals surface area (Å²) in [4.78, 5) is 17.3. The Labute approximate surface area is 256 Å². The monoisotopic (exact) mass is 635 g/mol. The van der Waals surface area contributed by atoms with Crippen molar-refractivity contribution < 1.29 is 51.5 Å². The number of carbonyl (C=O) groups is 1. The minimum atomic E-state index is -5.29. The van der Waals surface area contributed by atoms with Gasteiger partial charge in [0.2, 0.25) is 5.60 Å². The molecule has 242 valence electrons. The maximum atomic E-state index is 14.8. The first-order valence-electron chi connectivity index (χ1n) is 14.1. The second-order valence-corrected chi connectivity index (χ2v) is 11.3. The summed E-state index contributed by atoms with van der Waals surface area (Å²) < 4.78 is 79.9. The van der Waals surface area contributed by atoms with Crippen molar-refractivity contribution in [3.05, 3.63) is 71.2 Å². The fraction of sp³-hybridized carbons (Fsp3) is 0.419. The van der Waals surface area contributed by atoms with Gasteiger partial charge in [0.05, 0.1) is 50.2 Å². The molecule has 1 amide bonds. The number of nitrogens with zero attached hydrogens (tertiary/aromatic N) is 1. The van der Waals surface area contributed by atoms with Gasteiger partial charge in [0, 0.05) is 16.7 Å². The predicted molar refractivity (Wildman–Crippen MR) is 153 cm³/mol. The van der Waals surface area contributed by atoms with Gasteiger partial charge in [-0.1, -0.05) is 0 Å². The summed E-state index contributed by atoms with van der Waals surface area (Å²) in [5.41, 5.74) is -4.90. The molecule has 0 spiro atoms. The third-order valence-corrected chi connectivity index (χ3v) is 7.65. The highest BCUT2D eigenvalue weighted by atomic mass is 19.4. The highest BCUT2D eigenvalue weighted by Gasteiger charge is 2.57. The van der Waals surface area contributed by atoms with Gasteiger partial charge in [-0.15, -0.1) is 0 Å². The van der Waals surface area contributed by atoms with E-state index >= 15 is 0 Å². The first-order valence-corrected chi connectivity index (χ1v) is 14.1. The molecule has 3 heterocycles. The Balaban J connectivity index is 1.51. The molecule has 4 N–H and O–H groups in total. The van der Waals surface area contributed by atoms with Gasteiger partial charge < -0.3 is 34.5 Å². The van der Waals surface area contributed by atoms with Crippen LogP contribution in [0.15, 0.2) is 48.5 Å². The number of benzene rings is 2. The predicted octanol–water partition coefficient (Wildman–Crippen LogP) is 3.43. The molecule has 0 bridgehead atoms. The van der Waals surface area contributed by atoms with Gasteiger partial charge in [-0.05, 0) is 62.4 Å². The molecule has 0 radical (unpaired) electrons. The van der Waals surface area contributed by atoms with Crippen molar-refractivity contribution in [1.29, 1.82) is 0 Å². The summed E-state index contributed by atoms with van der Waals surface area (Å²) in [5.74, 6) is -0.971. The van der Waals surface area contributed by atoms with Crippen LogP contribution in [0.2, 0.25) is 0 Å². The van der Waals surface area contributed by atoms with Crippen LogP contribution in [0, 0.1) is 5.82 Å². The number of hydrogen-bond acceptors (Lipinski definition) is 9. The third-order valence-electron chi connectivity index (χ3n) is 7.65. The van der Waals surface area contributed by atoms with Gasteiger partial charge in [-0.25, -0.2) is 9.37 Å². The number of fused-ring (bicyclic) bond motifs is 1. The topological polar surface area (TPSA) is 131 Å². The van der Waals surface area contributed by atoms with Crippen LogP contribution in [0.4, 0.5) is 17.6 Å². The summed E-state index contributed by atoms with van der Waals surface area (Å²) in [7, 11) is 1.32. The van der Waals surface area contributed by atoms with Crippen LogP contribution >= 0.6 is 0 Å². The normalized spacial score (nSPS) is 19.9. The van der Waals surface area contributed by atoms with Crippen LogP contribution in [0.3, 0.4) is 0 Å². The van der Waals surface area contributed by atoms with Gasteiger partial charge in [0.25, 0.3) is 5.91 Å². The molecule has 3 unspecified atom stereocenters. The van der Waals surface area contributed by atoms with Gasteiger partial charge in [-0.2, -0.15) is 13.2 Å². The fourth-order valence-electron chi connectivity index (χ4n) is 5.07. The molecule has 3 atom stereocenters. The number of aliphatic hydroxyl groups is 2. The van der Waals surface area contributed by atoms with Crippen LogP contribution < -0.4 is 24.8 Å². The Morgan fingerprint density at radius 1 is 1.16 bits per heavy atom. The molecule has 3 aromatic rings. The Morgan fingerprint density at radius 2 is 1.87 bits per heavy atom. The van der Waals surface area contributed by atoms with Gasteiger partial charge in [-0.3, -0.25) is 10.1 Å². The highest BCUT2D eigenvalue weighted by Crippen LogP contribution is 2.47. The van der Waals surface area contributed by atoms with Crippen molar-refractivity contribution in [1.82, 2.24) is 15.6 Å². The molecular formula is C31H33F4N3O7. The zero-order chi connectivity index (χ0) is 32.6. The number of nitrogens with one attached hydrogen (secondary N) is 2. The summed E-state index contributed by atoms with van der Waals surface area (Å²) in [5, 5.41) is 26.3. The van der Waals surface area contributed by atoms with E-state index in [4.69, 9.17) is 18.9 Å². The maximum Gasteiger partial charge on any atom is 0.424 e. The number of ether oxygens (including phenoxy) is 4. The highest BCUT2D eigenvalue weighted by molar-refractivity contribution is 5.95. The van der Waals surface area contributed by atoms with E-state index in [2.05, 4.69) is 15.6 Å². The lowest BCUT2D eigenvalue weighted by Gasteiger charge is -2.36. The molecule has 10 nitrogen and oxygen atoms in total. The smallest absolute Gasteiger partial charge is 0.424 e. The van der Waals surface area contributed by atoms with Gasteiger partial charge in [0.1, 0.15) is 24.7 Å². The lowest BCUT2D eigenvalue weighted by molar-refractivity contribution is -0.265. The SMILES string of the molecule is COc1cc(C(=O)NCC(O)(c2cc3c(c(-c4ccc(F)cc4)n2)OCC3(C)NC2COC2)C(F)(F)F)ccc1OCC(C)O. The second kappa shape index (κ2) is 12.4. The number of rotatable bonds is 11. The molecule has 1 saturated heterocycles. The van der Waals surface area contributed by atoms with Crippen LogP contribution in [0.1, 0.15) is 35.5 Å². The zero-order valence-corrected chi connectivity index (χ0v) is 24.7. The van der Waals surface area contributed by atoms with Crippen molar-refractivity contribution in [2.75, 3.05) is 40.1 Å². The second-order valence-electron chi connectivity index (χ2n) is 11.3. The first-order chi connectivity index (χ1) is 21.2. The molecule has 14 heteroatoms. The molecule has 1 aromatic heterocycles. The maximum absolute atomic E-state index is 14.8. The van der Waals surface area contributed by atoms with Crippen LogP contribution in [0.25, 0.3) is 11.3 Å². The fourth-order valence-corrected chi connectivity index (χ4v) is 5.07. The third kappa shape index (κ3) is 6.54. The molecule has 1 fully saturated rings. The van der Waals surface area contributed by atoms with E-state index in [1.54, 1.807) is 6.92 Å². The van der Waals surface area contributed by atoms with Crippen molar-refractivity contribution in [3.8, 4) is 28.5 Å². The largest absolute Gasteiger partial charge is 0.493 e. The number of halogens is 4. The first kappa shape index (κ1) is 32.4. The summed E-state index contributed by atoms with van der Waals surface area (Å²) in [6, 6.07) is 9.98. The molecule has 45 heavy (non-hydrogen) atoms. The average molecular weight is 636 g/mol. The van der Waals surface area contributed by atoms with E-state index in [1.165, 1.54) is 44.4 Å². The molecule has 0 saturated carbocycles. The number of aromatic nitrogens is 1. The quantitative estimate of drug-likeness (QED) is 0.234. The summed E-state index contributed by atoms with van der Waals surface area (Å²) in [6.07, 6.45) is -6.06. The minimum absolute atomic E-state index is 0.0237. The number of alkyl halides is 3. The van der Waals surface area contributed by atoms with Crippen molar-refractivity contribution in [3.63, 3.8) is 0 Å². The number of aliphatic hydroxyl groups excluding tert-OH is 1. The number of hydrogen-bond donors (Lipinski definition) is 4. The zero-order valence-electron chi connectivity index (χ0n) is 24.7.